The number of hydrogen-bond acceptors (Lipinski definition) is 7. The predicted octanol–water partition coefficient (Wildman–Crippen LogP) is 3.82. The third-order valence-electron chi connectivity index (χ3n) is 5.20. The molecule has 0 radical (unpaired) electrons. The highest BCUT2D eigenvalue weighted by Gasteiger charge is 2.30. The van der Waals surface area contributed by atoms with Gasteiger partial charge < -0.3 is 14.6 Å². The first-order chi connectivity index (χ1) is 15.0. The Labute approximate surface area is 185 Å². The SMILES string of the molecule is C=C(C)/C=C\N(C)C(NCC)N(/N=C(\CC)c1nc2ccncc2[nH]1)C1CCCCO1. The van der Waals surface area contributed by atoms with Crippen LogP contribution in [-0.4, -0.2) is 63.3 Å². The Morgan fingerprint density at radius 1 is 1.45 bits per heavy atom. The number of hydrogen-bond donors (Lipinski definition) is 2. The zero-order valence-corrected chi connectivity index (χ0v) is 19.1. The second-order valence-corrected chi connectivity index (χ2v) is 7.84. The summed E-state index contributed by atoms with van der Waals surface area (Å²) in [4.78, 5) is 14.4. The van der Waals surface area contributed by atoms with Gasteiger partial charge in [0.05, 0.1) is 17.2 Å². The van der Waals surface area contributed by atoms with Crippen LogP contribution in [0, 0.1) is 0 Å². The van der Waals surface area contributed by atoms with Gasteiger partial charge in [0.25, 0.3) is 0 Å². The van der Waals surface area contributed by atoms with Gasteiger partial charge in [0, 0.05) is 26.1 Å². The lowest BCUT2D eigenvalue weighted by molar-refractivity contribution is -0.129. The summed E-state index contributed by atoms with van der Waals surface area (Å²) < 4.78 is 6.15. The van der Waals surface area contributed by atoms with Crippen LogP contribution in [0.5, 0.6) is 0 Å². The maximum absolute atomic E-state index is 6.15. The van der Waals surface area contributed by atoms with Crippen molar-refractivity contribution in [2.75, 3.05) is 20.2 Å². The molecule has 0 saturated carbocycles. The highest BCUT2D eigenvalue weighted by Crippen LogP contribution is 2.22. The normalized spacial score (nSPS) is 18.5. The quantitative estimate of drug-likeness (QED) is 0.261. The van der Waals surface area contributed by atoms with Gasteiger partial charge in [-0.2, -0.15) is 5.10 Å². The van der Waals surface area contributed by atoms with Crippen LogP contribution < -0.4 is 5.32 Å². The molecule has 2 N–H and O–H groups in total. The summed E-state index contributed by atoms with van der Waals surface area (Å²) in [6, 6.07) is 1.91. The van der Waals surface area contributed by atoms with E-state index in [0.717, 1.165) is 67.0 Å². The summed E-state index contributed by atoms with van der Waals surface area (Å²) in [7, 11) is 2.04. The zero-order valence-electron chi connectivity index (χ0n) is 19.1. The zero-order chi connectivity index (χ0) is 22.2. The standard InChI is InChI=1S/C23H35N7O/c1-6-18(22-26-19-11-13-24-16-20(19)27-22)28-30(21-10-8-9-15-31-21)23(25-7-2)29(5)14-12-17(3)4/h11-14,16,21,23,25H,3,6-10,15H2,1-2,4-5H3,(H,26,27)/b14-12-,28-18+. The van der Waals surface area contributed by atoms with Crippen molar-refractivity contribution in [1.29, 1.82) is 0 Å². The van der Waals surface area contributed by atoms with Crippen LogP contribution >= 0.6 is 0 Å². The van der Waals surface area contributed by atoms with E-state index < -0.39 is 0 Å². The topological polar surface area (TPSA) is 81.7 Å². The number of nitrogens with zero attached hydrogens (tertiary/aromatic N) is 5. The van der Waals surface area contributed by atoms with E-state index in [1.807, 2.05) is 32.3 Å². The molecular weight excluding hydrogens is 390 g/mol. The summed E-state index contributed by atoms with van der Waals surface area (Å²) in [6.07, 6.45) is 11.2. The number of aromatic nitrogens is 3. The number of ether oxygens (including phenoxy) is 1. The van der Waals surface area contributed by atoms with E-state index in [1.165, 1.54) is 0 Å². The smallest absolute Gasteiger partial charge is 0.175 e. The molecule has 3 rings (SSSR count). The average molecular weight is 426 g/mol. The first kappa shape index (κ1) is 23.0. The van der Waals surface area contributed by atoms with Gasteiger partial charge in [-0.1, -0.05) is 26.0 Å². The lowest BCUT2D eigenvalue weighted by Crippen LogP contribution is -2.56. The third kappa shape index (κ3) is 5.92. The van der Waals surface area contributed by atoms with Gasteiger partial charge in [0.2, 0.25) is 0 Å². The number of aromatic amines is 1. The monoisotopic (exact) mass is 425 g/mol. The molecule has 2 unspecified atom stereocenters. The van der Waals surface area contributed by atoms with Crippen molar-refractivity contribution in [1.82, 2.24) is 30.2 Å². The van der Waals surface area contributed by atoms with Crippen LogP contribution in [0.3, 0.4) is 0 Å². The lowest BCUT2D eigenvalue weighted by atomic mass is 10.2. The van der Waals surface area contributed by atoms with E-state index >= 15 is 0 Å². The molecule has 8 heteroatoms. The Balaban J connectivity index is 1.99. The summed E-state index contributed by atoms with van der Waals surface area (Å²) in [5.74, 6) is 0.765. The summed E-state index contributed by atoms with van der Waals surface area (Å²) in [6.45, 7) is 11.7. The predicted molar refractivity (Wildman–Crippen MR) is 125 cm³/mol. The minimum atomic E-state index is -0.170. The van der Waals surface area contributed by atoms with Crippen LogP contribution in [-0.2, 0) is 4.74 Å². The molecule has 0 amide bonds. The Kier molecular flexibility index (Phi) is 8.20. The summed E-state index contributed by atoms with van der Waals surface area (Å²) in [5, 5.41) is 10.7. The molecule has 2 aromatic heterocycles. The van der Waals surface area contributed by atoms with Crippen LogP contribution in [0.25, 0.3) is 11.0 Å². The summed E-state index contributed by atoms with van der Waals surface area (Å²) >= 11 is 0. The molecule has 1 aliphatic heterocycles. The molecule has 168 valence electrons. The van der Waals surface area contributed by atoms with E-state index in [2.05, 4.69) is 45.6 Å². The van der Waals surface area contributed by atoms with E-state index in [1.54, 1.807) is 12.4 Å². The van der Waals surface area contributed by atoms with Gasteiger partial charge in [-0.3, -0.25) is 10.3 Å². The molecule has 2 atom stereocenters. The maximum atomic E-state index is 6.15. The minimum absolute atomic E-state index is 0.105. The van der Waals surface area contributed by atoms with Crippen LogP contribution in [0.15, 0.2) is 48.0 Å². The highest BCUT2D eigenvalue weighted by molar-refractivity contribution is 5.99. The second kappa shape index (κ2) is 11.1. The number of rotatable bonds is 10. The molecule has 0 aliphatic carbocycles. The molecule has 31 heavy (non-hydrogen) atoms. The first-order valence-electron chi connectivity index (χ1n) is 11.1. The second-order valence-electron chi connectivity index (χ2n) is 7.84. The van der Waals surface area contributed by atoms with Crippen molar-refractivity contribution >= 4 is 16.7 Å². The van der Waals surface area contributed by atoms with Gasteiger partial charge in [0.15, 0.2) is 12.1 Å². The van der Waals surface area contributed by atoms with Gasteiger partial charge >= 0.3 is 0 Å². The molecule has 1 fully saturated rings. The highest BCUT2D eigenvalue weighted by atomic mass is 16.5. The fraction of sp³-hybridized carbons (Fsp3) is 0.522. The molecule has 8 nitrogen and oxygen atoms in total. The van der Waals surface area contributed by atoms with Crippen molar-refractivity contribution in [2.45, 2.75) is 59.0 Å². The Bertz CT molecular complexity index is 881. The van der Waals surface area contributed by atoms with Gasteiger partial charge in [-0.15, -0.1) is 0 Å². The molecular formula is C23H35N7O. The minimum Gasteiger partial charge on any atom is -0.357 e. The van der Waals surface area contributed by atoms with Crippen molar-refractivity contribution in [3.8, 4) is 0 Å². The number of imidazole rings is 1. The molecule has 3 heterocycles. The first-order valence-corrected chi connectivity index (χ1v) is 11.1. The molecule has 2 aromatic rings. The largest absolute Gasteiger partial charge is 0.357 e. The van der Waals surface area contributed by atoms with Crippen molar-refractivity contribution in [3.05, 3.63) is 48.7 Å². The summed E-state index contributed by atoms with van der Waals surface area (Å²) in [5.41, 5.74) is 3.67. The average Bonchev–Trinajstić information content (AvgIpc) is 3.21. The van der Waals surface area contributed by atoms with Crippen molar-refractivity contribution in [2.24, 2.45) is 5.10 Å². The number of allylic oxidation sites excluding steroid dienone is 2. The van der Waals surface area contributed by atoms with Crippen LogP contribution in [0.1, 0.15) is 52.3 Å². The molecule has 0 aromatic carbocycles. The number of pyridine rings is 1. The fourth-order valence-electron chi connectivity index (χ4n) is 3.56. The lowest BCUT2D eigenvalue weighted by Gasteiger charge is -2.41. The van der Waals surface area contributed by atoms with Crippen LogP contribution in [0.2, 0.25) is 0 Å². The van der Waals surface area contributed by atoms with Gasteiger partial charge in [0.1, 0.15) is 11.9 Å². The van der Waals surface area contributed by atoms with E-state index in [4.69, 9.17) is 14.8 Å². The van der Waals surface area contributed by atoms with E-state index in [9.17, 15) is 0 Å². The Morgan fingerprint density at radius 3 is 2.94 bits per heavy atom. The molecule has 1 aliphatic rings. The molecule has 0 bridgehead atoms. The van der Waals surface area contributed by atoms with Crippen molar-refractivity contribution in [3.63, 3.8) is 0 Å². The Morgan fingerprint density at radius 2 is 2.29 bits per heavy atom. The van der Waals surface area contributed by atoms with E-state index in [-0.39, 0.29) is 12.5 Å². The van der Waals surface area contributed by atoms with Gasteiger partial charge in [-0.25, -0.2) is 9.99 Å². The van der Waals surface area contributed by atoms with Gasteiger partial charge in [-0.05, 0) is 51.3 Å². The van der Waals surface area contributed by atoms with Crippen LogP contribution in [0.4, 0.5) is 0 Å². The molecule has 1 saturated heterocycles. The number of hydrazone groups is 1. The Hall–Kier alpha value is -2.71. The molecule has 0 spiro atoms. The number of nitrogens with one attached hydrogen (secondary N) is 2. The number of H-pyrrole nitrogens is 1. The third-order valence-corrected chi connectivity index (χ3v) is 5.20. The maximum Gasteiger partial charge on any atom is 0.175 e. The van der Waals surface area contributed by atoms with Crippen molar-refractivity contribution < 1.29 is 4.74 Å². The number of fused-ring (bicyclic) bond motifs is 1. The van der Waals surface area contributed by atoms with E-state index in [0.29, 0.717) is 0 Å². The fourth-order valence-corrected chi connectivity index (χ4v) is 3.56.